The summed E-state index contributed by atoms with van der Waals surface area (Å²) in [5, 5.41) is 13.1. The third kappa shape index (κ3) is 2.92. The third-order valence-electron chi connectivity index (χ3n) is 3.84. The maximum atomic E-state index is 9.51. The summed E-state index contributed by atoms with van der Waals surface area (Å²) in [4.78, 5) is 0. The lowest BCUT2D eigenvalue weighted by Crippen LogP contribution is -2.52. The molecule has 1 saturated heterocycles. The van der Waals surface area contributed by atoms with E-state index in [-0.39, 0.29) is 12.1 Å². The predicted molar refractivity (Wildman–Crippen MR) is 59.9 cm³/mol. The minimum absolute atomic E-state index is 0.00417. The van der Waals surface area contributed by atoms with Gasteiger partial charge in [-0.25, -0.2) is 0 Å². The second-order valence-electron chi connectivity index (χ2n) is 5.02. The van der Waals surface area contributed by atoms with Crippen molar-refractivity contribution in [2.75, 3.05) is 19.8 Å². The molecular weight excluding hydrogens is 190 g/mol. The van der Waals surface area contributed by atoms with Gasteiger partial charge in [-0.15, -0.1) is 0 Å². The summed E-state index contributed by atoms with van der Waals surface area (Å²) < 4.78 is 5.59. The number of hydrogen-bond acceptors (Lipinski definition) is 3. The third-order valence-corrected chi connectivity index (χ3v) is 3.84. The van der Waals surface area contributed by atoms with Crippen molar-refractivity contribution >= 4 is 0 Å². The van der Waals surface area contributed by atoms with Crippen LogP contribution in [0.2, 0.25) is 0 Å². The van der Waals surface area contributed by atoms with Gasteiger partial charge in [0.2, 0.25) is 0 Å². The highest BCUT2D eigenvalue weighted by Crippen LogP contribution is 2.28. The van der Waals surface area contributed by atoms with E-state index in [1.165, 1.54) is 32.1 Å². The second kappa shape index (κ2) is 5.28. The summed E-state index contributed by atoms with van der Waals surface area (Å²) >= 11 is 0. The highest BCUT2D eigenvalue weighted by atomic mass is 16.5. The van der Waals surface area contributed by atoms with Gasteiger partial charge in [-0.2, -0.15) is 0 Å². The van der Waals surface area contributed by atoms with Crippen LogP contribution in [0, 0.1) is 0 Å². The Hall–Kier alpha value is -0.120. The van der Waals surface area contributed by atoms with Crippen LogP contribution in [0.5, 0.6) is 0 Å². The van der Waals surface area contributed by atoms with Crippen LogP contribution in [-0.4, -0.2) is 36.5 Å². The quantitative estimate of drug-likeness (QED) is 0.742. The zero-order chi connectivity index (χ0) is 10.6. The van der Waals surface area contributed by atoms with Gasteiger partial charge >= 0.3 is 0 Å². The molecule has 2 rings (SSSR count). The number of rotatable bonds is 4. The SMILES string of the molecule is OCC1(NCC2CCCO2)CCCCC1. The number of hydrogen-bond donors (Lipinski definition) is 2. The van der Waals surface area contributed by atoms with Gasteiger partial charge in [0.05, 0.1) is 12.7 Å². The van der Waals surface area contributed by atoms with E-state index in [1.54, 1.807) is 0 Å². The van der Waals surface area contributed by atoms with E-state index in [4.69, 9.17) is 4.74 Å². The molecule has 1 saturated carbocycles. The second-order valence-corrected chi connectivity index (χ2v) is 5.02. The molecule has 0 aromatic rings. The Morgan fingerprint density at radius 2 is 2.00 bits per heavy atom. The molecule has 0 bridgehead atoms. The molecule has 1 unspecified atom stereocenters. The van der Waals surface area contributed by atoms with E-state index < -0.39 is 0 Å². The van der Waals surface area contributed by atoms with Crippen LogP contribution >= 0.6 is 0 Å². The Bertz CT molecular complexity index is 184. The Balaban J connectivity index is 1.78. The summed E-state index contributed by atoms with van der Waals surface area (Å²) in [5.74, 6) is 0. The lowest BCUT2D eigenvalue weighted by atomic mass is 9.82. The fourth-order valence-electron chi connectivity index (χ4n) is 2.76. The molecular formula is C12H23NO2. The van der Waals surface area contributed by atoms with E-state index in [9.17, 15) is 5.11 Å². The number of aliphatic hydroxyl groups is 1. The van der Waals surface area contributed by atoms with Crippen molar-refractivity contribution in [1.29, 1.82) is 0 Å². The number of ether oxygens (including phenoxy) is 1. The monoisotopic (exact) mass is 213 g/mol. The van der Waals surface area contributed by atoms with Crippen molar-refractivity contribution in [2.24, 2.45) is 0 Å². The molecule has 0 amide bonds. The highest BCUT2D eigenvalue weighted by molar-refractivity contribution is 4.91. The lowest BCUT2D eigenvalue weighted by molar-refractivity contribution is 0.0745. The van der Waals surface area contributed by atoms with E-state index in [0.29, 0.717) is 6.10 Å². The maximum Gasteiger partial charge on any atom is 0.0700 e. The fraction of sp³-hybridized carbons (Fsp3) is 1.00. The molecule has 3 nitrogen and oxygen atoms in total. The van der Waals surface area contributed by atoms with Crippen LogP contribution in [0.4, 0.5) is 0 Å². The topological polar surface area (TPSA) is 41.5 Å². The van der Waals surface area contributed by atoms with Crippen molar-refractivity contribution in [3.63, 3.8) is 0 Å². The Kier molecular flexibility index (Phi) is 4.00. The Labute approximate surface area is 92.2 Å². The zero-order valence-corrected chi connectivity index (χ0v) is 9.50. The first-order chi connectivity index (χ1) is 7.35. The summed E-state index contributed by atoms with van der Waals surface area (Å²) in [6.45, 7) is 2.11. The van der Waals surface area contributed by atoms with Crippen molar-refractivity contribution in [3.05, 3.63) is 0 Å². The van der Waals surface area contributed by atoms with E-state index in [1.807, 2.05) is 0 Å². The molecule has 88 valence electrons. The van der Waals surface area contributed by atoms with Crippen LogP contribution in [0.15, 0.2) is 0 Å². The average molecular weight is 213 g/mol. The van der Waals surface area contributed by atoms with Gasteiger partial charge in [-0.05, 0) is 25.7 Å². The molecule has 1 atom stereocenters. The van der Waals surface area contributed by atoms with Crippen LogP contribution in [0.3, 0.4) is 0 Å². The maximum absolute atomic E-state index is 9.51. The van der Waals surface area contributed by atoms with Crippen LogP contribution < -0.4 is 5.32 Å². The minimum atomic E-state index is 0.00417. The van der Waals surface area contributed by atoms with Gasteiger partial charge in [-0.1, -0.05) is 19.3 Å². The van der Waals surface area contributed by atoms with E-state index >= 15 is 0 Å². The fourth-order valence-corrected chi connectivity index (χ4v) is 2.76. The summed E-state index contributed by atoms with van der Waals surface area (Å²) in [5.41, 5.74) is 0.00417. The summed E-state index contributed by atoms with van der Waals surface area (Å²) in [7, 11) is 0. The molecule has 2 N–H and O–H groups in total. The minimum Gasteiger partial charge on any atom is -0.394 e. The first-order valence-electron chi connectivity index (χ1n) is 6.32. The molecule has 1 aliphatic heterocycles. The lowest BCUT2D eigenvalue weighted by Gasteiger charge is -2.37. The van der Waals surface area contributed by atoms with Gasteiger partial charge in [0, 0.05) is 18.7 Å². The molecule has 0 aromatic heterocycles. The van der Waals surface area contributed by atoms with Crippen LogP contribution in [-0.2, 0) is 4.74 Å². The molecule has 15 heavy (non-hydrogen) atoms. The average Bonchev–Trinajstić information content (AvgIpc) is 2.81. The smallest absolute Gasteiger partial charge is 0.0700 e. The highest BCUT2D eigenvalue weighted by Gasteiger charge is 2.31. The zero-order valence-electron chi connectivity index (χ0n) is 9.50. The predicted octanol–water partition coefficient (Wildman–Crippen LogP) is 1.45. The molecule has 2 fully saturated rings. The first kappa shape index (κ1) is 11.4. The Morgan fingerprint density at radius 3 is 2.60 bits per heavy atom. The van der Waals surface area contributed by atoms with E-state index in [2.05, 4.69) is 5.32 Å². The molecule has 0 spiro atoms. The first-order valence-corrected chi connectivity index (χ1v) is 6.32. The molecule has 0 radical (unpaired) electrons. The van der Waals surface area contributed by atoms with Crippen molar-refractivity contribution in [1.82, 2.24) is 5.32 Å². The normalized spacial score (nSPS) is 30.6. The van der Waals surface area contributed by atoms with Gasteiger partial charge in [0.15, 0.2) is 0 Å². The van der Waals surface area contributed by atoms with Gasteiger partial charge < -0.3 is 15.2 Å². The molecule has 2 aliphatic rings. The van der Waals surface area contributed by atoms with Crippen molar-refractivity contribution in [3.8, 4) is 0 Å². The van der Waals surface area contributed by atoms with Crippen LogP contribution in [0.25, 0.3) is 0 Å². The largest absolute Gasteiger partial charge is 0.394 e. The van der Waals surface area contributed by atoms with Gasteiger partial charge in [0.1, 0.15) is 0 Å². The Morgan fingerprint density at radius 1 is 1.20 bits per heavy atom. The van der Waals surface area contributed by atoms with Crippen LogP contribution in [0.1, 0.15) is 44.9 Å². The van der Waals surface area contributed by atoms with E-state index in [0.717, 1.165) is 26.0 Å². The number of nitrogens with one attached hydrogen (secondary N) is 1. The molecule has 1 aliphatic carbocycles. The molecule has 0 aromatic carbocycles. The number of aliphatic hydroxyl groups excluding tert-OH is 1. The molecule has 1 heterocycles. The van der Waals surface area contributed by atoms with Gasteiger partial charge in [0.25, 0.3) is 0 Å². The molecule has 3 heteroatoms. The van der Waals surface area contributed by atoms with Crippen molar-refractivity contribution < 1.29 is 9.84 Å². The standard InChI is InChI=1S/C12H23NO2/c14-10-12(6-2-1-3-7-12)13-9-11-5-4-8-15-11/h11,13-14H,1-10H2. The summed E-state index contributed by atoms with van der Waals surface area (Å²) in [6, 6.07) is 0. The van der Waals surface area contributed by atoms with Gasteiger partial charge in [-0.3, -0.25) is 0 Å². The summed E-state index contributed by atoms with van der Waals surface area (Å²) in [6.07, 6.45) is 8.82. The van der Waals surface area contributed by atoms with Crippen molar-refractivity contribution in [2.45, 2.75) is 56.6 Å².